The van der Waals surface area contributed by atoms with E-state index in [1.807, 2.05) is 0 Å². The van der Waals surface area contributed by atoms with Crippen LogP contribution in [0.3, 0.4) is 0 Å². The van der Waals surface area contributed by atoms with Gasteiger partial charge in [0.05, 0.1) is 11.5 Å². The molecule has 0 aliphatic rings. The zero-order valence-electron chi connectivity index (χ0n) is 9.49. The van der Waals surface area contributed by atoms with Crippen LogP contribution >= 0.6 is 11.3 Å². The highest BCUT2D eigenvalue weighted by atomic mass is 32.1. The monoisotopic (exact) mass is 297 g/mol. The van der Waals surface area contributed by atoms with Crippen molar-refractivity contribution in [2.75, 3.05) is 19.8 Å². The number of carbonyl (C=O) groups excluding carboxylic acids is 1. The summed E-state index contributed by atoms with van der Waals surface area (Å²) in [5.41, 5.74) is 0. The van der Waals surface area contributed by atoms with Crippen LogP contribution in [0.15, 0.2) is 12.1 Å². The van der Waals surface area contributed by atoms with Gasteiger partial charge in [-0.05, 0) is 12.1 Å². The zero-order chi connectivity index (χ0) is 14.5. The van der Waals surface area contributed by atoms with E-state index in [0.717, 1.165) is 11.3 Å². The van der Waals surface area contributed by atoms with Crippen molar-refractivity contribution < 1.29 is 32.6 Å². The average Bonchev–Trinajstić information content (AvgIpc) is 2.76. The first-order valence-electron chi connectivity index (χ1n) is 5.05. The molecule has 1 aromatic rings. The first-order chi connectivity index (χ1) is 8.79. The third-order valence-electron chi connectivity index (χ3n) is 1.84. The van der Waals surface area contributed by atoms with Crippen LogP contribution in [0, 0.1) is 0 Å². The van der Waals surface area contributed by atoms with Gasteiger partial charge in [-0.1, -0.05) is 0 Å². The Kier molecular flexibility index (Phi) is 5.31. The van der Waals surface area contributed by atoms with Crippen LogP contribution in [0.4, 0.5) is 13.2 Å². The lowest BCUT2D eigenvalue weighted by atomic mass is 10.4. The normalized spacial score (nSPS) is 11.3. The van der Waals surface area contributed by atoms with Gasteiger partial charge in [0.25, 0.3) is 5.91 Å². The summed E-state index contributed by atoms with van der Waals surface area (Å²) in [7, 11) is 0. The van der Waals surface area contributed by atoms with Crippen molar-refractivity contribution in [1.82, 2.24) is 5.32 Å². The number of halogens is 3. The third kappa shape index (κ3) is 5.71. The Balaban J connectivity index is 2.29. The summed E-state index contributed by atoms with van der Waals surface area (Å²) in [5, 5.41) is 11.0. The first kappa shape index (κ1) is 15.4. The van der Waals surface area contributed by atoms with Crippen LogP contribution in [-0.4, -0.2) is 42.9 Å². The van der Waals surface area contributed by atoms with Crippen LogP contribution in [0.1, 0.15) is 19.3 Å². The Morgan fingerprint density at radius 1 is 1.32 bits per heavy atom. The molecule has 2 N–H and O–H groups in total. The summed E-state index contributed by atoms with van der Waals surface area (Å²) >= 11 is 0.785. The van der Waals surface area contributed by atoms with Crippen molar-refractivity contribution in [2.24, 2.45) is 0 Å². The van der Waals surface area contributed by atoms with Crippen LogP contribution < -0.4 is 5.32 Å². The standard InChI is InChI=1S/C10H10F3NO4S/c11-10(12,13)5-18-4-3-14-8(15)6-1-2-7(19-6)9(16)17/h1-2H,3-5H2,(H,14,15)(H,16,17). The van der Waals surface area contributed by atoms with E-state index in [0.29, 0.717) is 0 Å². The van der Waals surface area contributed by atoms with Crippen LogP contribution in [0.2, 0.25) is 0 Å². The number of hydrogen-bond donors (Lipinski definition) is 2. The number of ether oxygens (including phenoxy) is 1. The lowest BCUT2D eigenvalue weighted by molar-refractivity contribution is -0.173. The molecule has 1 aromatic heterocycles. The number of carbonyl (C=O) groups is 2. The van der Waals surface area contributed by atoms with Gasteiger partial charge in [-0.15, -0.1) is 11.3 Å². The Morgan fingerprint density at radius 3 is 2.47 bits per heavy atom. The van der Waals surface area contributed by atoms with Crippen LogP contribution in [-0.2, 0) is 4.74 Å². The quantitative estimate of drug-likeness (QED) is 0.784. The fourth-order valence-electron chi connectivity index (χ4n) is 1.09. The molecule has 1 amide bonds. The van der Waals surface area contributed by atoms with Gasteiger partial charge in [-0.3, -0.25) is 4.79 Å². The molecule has 0 radical (unpaired) electrons. The van der Waals surface area contributed by atoms with Crippen molar-refractivity contribution in [2.45, 2.75) is 6.18 Å². The van der Waals surface area contributed by atoms with E-state index in [1.165, 1.54) is 12.1 Å². The van der Waals surface area contributed by atoms with Crippen molar-refractivity contribution in [3.63, 3.8) is 0 Å². The van der Waals surface area contributed by atoms with E-state index in [1.54, 1.807) is 0 Å². The second-order valence-corrected chi connectivity index (χ2v) is 4.48. The Bertz CT molecular complexity index is 458. The molecule has 106 valence electrons. The number of hydrogen-bond acceptors (Lipinski definition) is 4. The van der Waals surface area contributed by atoms with Gasteiger partial charge < -0.3 is 15.2 Å². The summed E-state index contributed by atoms with van der Waals surface area (Å²) in [5.74, 6) is -1.69. The fraction of sp³-hybridized carbons (Fsp3) is 0.400. The number of carboxylic acids is 1. The highest BCUT2D eigenvalue weighted by molar-refractivity contribution is 7.15. The zero-order valence-corrected chi connectivity index (χ0v) is 10.3. The second kappa shape index (κ2) is 6.53. The summed E-state index contributed by atoms with van der Waals surface area (Å²) in [4.78, 5) is 22.2. The SMILES string of the molecule is O=C(O)c1ccc(C(=O)NCCOCC(F)(F)F)s1. The third-order valence-corrected chi connectivity index (χ3v) is 2.91. The summed E-state index contributed by atoms with van der Waals surface area (Å²) in [6, 6.07) is 2.61. The maximum atomic E-state index is 11.7. The van der Waals surface area contributed by atoms with Gasteiger partial charge in [-0.2, -0.15) is 13.2 Å². The average molecular weight is 297 g/mol. The maximum absolute atomic E-state index is 11.7. The maximum Gasteiger partial charge on any atom is 0.411 e. The van der Waals surface area contributed by atoms with E-state index in [-0.39, 0.29) is 22.9 Å². The van der Waals surface area contributed by atoms with Crippen molar-refractivity contribution >= 4 is 23.2 Å². The molecule has 0 spiro atoms. The molecule has 0 saturated carbocycles. The van der Waals surface area contributed by atoms with E-state index >= 15 is 0 Å². The van der Waals surface area contributed by atoms with Gasteiger partial charge in [-0.25, -0.2) is 4.79 Å². The minimum atomic E-state index is -4.39. The first-order valence-corrected chi connectivity index (χ1v) is 5.87. The minimum Gasteiger partial charge on any atom is -0.477 e. The topological polar surface area (TPSA) is 75.6 Å². The molecule has 5 nitrogen and oxygen atoms in total. The molecule has 0 atom stereocenters. The van der Waals surface area contributed by atoms with Crippen molar-refractivity contribution in [3.8, 4) is 0 Å². The van der Waals surface area contributed by atoms with E-state index in [2.05, 4.69) is 10.1 Å². The molecule has 1 heterocycles. The minimum absolute atomic E-state index is 0.0125. The predicted octanol–water partition coefficient (Wildman–Crippen LogP) is 1.75. The molecular formula is C10H10F3NO4S. The molecule has 19 heavy (non-hydrogen) atoms. The van der Waals surface area contributed by atoms with Gasteiger partial charge in [0.2, 0.25) is 0 Å². The number of aromatic carboxylic acids is 1. The molecule has 0 aliphatic carbocycles. The molecule has 0 bridgehead atoms. The van der Waals surface area contributed by atoms with E-state index < -0.39 is 24.7 Å². The number of alkyl halides is 3. The lowest BCUT2D eigenvalue weighted by Crippen LogP contribution is -2.28. The molecule has 0 fully saturated rings. The predicted molar refractivity (Wildman–Crippen MR) is 60.5 cm³/mol. The molecule has 0 aliphatic heterocycles. The van der Waals surface area contributed by atoms with Crippen molar-refractivity contribution in [1.29, 1.82) is 0 Å². The second-order valence-electron chi connectivity index (χ2n) is 3.39. The van der Waals surface area contributed by atoms with Gasteiger partial charge in [0.15, 0.2) is 0 Å². The molecule has 9 heteroatoms. The molecule has 0 saturated heterocycles. The number of carboxylic acid groups (broad SMARTS) is 1. The van der Waals surface area contributed by atoms with Gasteiger partial charge in [0, 0.05) is 6.54 Å². The Labute approximate surface area is 110 Å². The lowest BCUT2D eigenvalue weighted by Gasteiger charge is -2.07. The van der Waals surface area contributed by atoms with Crippen LogP contribution in [0.5, 0.6) is 0 Å². The summed E-state index contributed by atoms with van der Waals surface area (Å²) in [6.45, 7) is -1.73. The molecule has 0 aromatic carbocycles. The summed E-state index contributed by atoms with van der Waals surface area (Å²) in [6.07, 6.45) is -4.39. The highest BCUT2D eigenvalue weighted by Gasteiger charge is 2.27. The molecule has 1 rings (SSSR count). The summed E-state index contributed by atoms with van der Waals surface area (Å²) < 4.78 is 39.5. The Hall–Kier alpha value is -1.61. The Morgan fingerprint density at radius 2 is 1.95 bits per heavy atom. The smallest absolute Gasteiger partial charge is 0.411 e. The van der Waals surface area contributed by atoms with Gasteiger partial charge in [0.1, 0.15) is 11.5 Å². The number of thiophene rings is 1. The number of amides is 1. The van der Waals surface area contributed by atoms with Crippen LogP contribution in [0.25, 0.3) is 0 Å². The number of nitrogens with one attached hydrogen (secondary N) is 1. The largest absolute Gasteiger partial charge is 0.477 e. The molecular weight excluding hydrogens is 287 g/mol. The van der Waals surface area contributed by atoms with Gasteiger partial charge >= 0.3 is 12.1 Å². The number of rotatable bonds is 6. The molecule has 0 unspecified atom stereocenters. The van der Waals surface area contributed by atoms with Crippen molar-refractivity contribution in [3.05, 3.63) is 21.9 Å². The van der Waals surface area contributed by atoms with E-state index in [9.17, 15) is 22.8 Å². The van der Waals surface area contributed by atoms with E-state index in [4.69, 9.17) is 5.11 Å². The fourth-order valence-corrected chi connectivity index (χ4v) is 1.85. The highest BCUT2D eigenvalue weighted by Crippen LogP contribution is 2.16.